The molecule has 1 aliphatic rings. The molecule has 0 N–H and O–H groups in total. The summed E-state index contributed by atoms with van der Waals surface area (Å²) in [5.41, 5.74) is 1.10. The number of esters is 2. The van der Waals surface area contributed by atoms with Gasteiger partial charge in [0, 0.05) is 11.3 Å². The van der Waals surface area contributed by atoms with E-state index in [-0.39, 0.29) is 13.0 Å². The van der Waals surface area contributed by atoms with E-state index in [0.717, 1.165) is 0 Å². The third kappa shape index (κ3) is 3.11. The molecule has 7 nitrogen and oxygen atoms in total. The van der Waals surface area contributed by atoms with Crippen LogP contribution >= 0.6 is 0 Å². The van der Waals surface area contributed by atoms with Crippen LogP contribution in [0.15, 0.2) is 24.3 Å². The largest absolute Gasteiger partial charge is 0.465 e. The number of carbonyl (C=O) groups is 2. The molecule has 2 atom stereocenters. The molecule has 7 heteroatoms. The monoisotopic (exact) mass is 279 g/mol. The molecular formula is C13H13NO6. The predicted molar refractivity (Wildman–Crippen MR) is 66.5 cm³/mol. The number of hydrogen-bond acceptors (Lipinski definition) is 6. The zero-order valence-electron chi connectivity index (χ0n) is 10.8. The van der Waals surface area contributed by atoms with Crippen molar-refractivity contribution >= 4 is 11.9 Å². The quantitative estimate of drug-likeness (QED) is 0.456. The van der Waals surface area contributed by atoms with Gasteiger partial charge in [0.25, 0.3) is 0 Å². The number of nitro groups is 1. The van der Waals surface area contributed by atoms with Gasteiger partial charge in [0.1, 0.15) is 12.5 Å². The lowest BCUT2D eigenvalue weighted by Crippen LogP contribution is -2.13. The summed E-state index contributed by atoms with van der Waals surface area (Å²) < 4.78 is 9.56. The summed E-state index contributed by atoms with van der Waals surface area (Å²) in [6.45, 7) is 0.0290. The molecule has 0 heterocycles. The fourth-order valence-electron chi connectivity index (χ4n) is 1.78. The average Bonchev–Trinajstić information content (AvgIpc) is 3.25. The molecule has 0 radical (unpaired) electrons. The second kappa shape index (κ2) is 5.68. The van der Waals surface area contributed by atoms with Crippen LogP contribution in [0.1, 0.15) is 22.3 Å². The maximum atomic E-state index is 11.5. The van der Waals surface area contributed by atoms with Gasteiger partial charge in [-0.1, -0.05) is 12.1 Å². The number of rotatable bonds is 5. The topological polar surface area (TPSA) is 95.7 Å². The Morgan fingerprint density at radius 3 is 2.50 bits per heavy atom. The van der Waals surface area contributed by atoms with Gasteiger partial charge in [0.15, 0.2) is 0 Å². The van der Waals surface area contributed by atoms with E-state index in [4.69, 9.17) is 4.74 Å². The molecule has 106 valence electrons. The molecule has 0 aliphatic heterocycles. The molecule has 1 aliphatic carbocycles. The lowest BCUT2D eigenvalue weighted by molar-refractivity contribution is -0.497. The minimum absolute atomic E-state index is 0.0290. The average molecular weight is 279 g/mol. The first-order valence-electron chi connectivity index (χ1n) is 6.00. The fraction of sp³-hybridized carbons (Fsp3) is 0.385. The Kier molecular flexibility index (Phi) is 3.97. The number of benzene rings is 1. The molecule has 0 saturated heterocycles. The van der Waals surface area contributed by atoms with Gasteiger partial charge in [-0.05, 0) is 17.7 Å². The summed E-state index contributed by atoms with van der Waals surface area (Å²) >= 11 is 0. The van der Waals surface area contributed by atoms with Gasteiger partial charge >= 0.3 is 11.9 Å². The van der Waals surface area contributed by atoms with Crippen molar-refractivity contribution in [3.05, 3.63) is 45.5 Å². The van der Waals surface area contributed by atoms with Gasteiger partial charge in [-0.25, -0.2) is 4.79 Å². The van der Waals surface area contributed by atoms with Crippen molar-refractivity contribution in [3.63, 3.8) is 0 Å². The molecule has 2 unspecified atom stereocenters. The van der Waals surface area contributed by atoms with Crippen molar-refractivity contribution < 1.29 is 24.0 Å². The van der Waals surface area contributed by atoms with Gasteiger partial charge in [-0.2, -0.15) is 0 Å². The van der Waals surface area contributed by atoms with Crippen LogP contribution < -0.4 is 0 Å². The Morgan fingerprint density at radius 1 is 1.35 bits per heavy atom. The minimum Gasteiger partial charge on any atom is -0.465 e. The van der Waals surface area contributed by atoms with Gasteiger partial charge in [-0.3, -0.25) is 14.9 Å². The molecule has 0 amide bonds. The van der Waals surface area contributed by atoms with Gasteiger partial charge in [0.05, 0.1) is 12.7 Å². The van der Waals surface area contributed by atoms with Crippen LogP contribution in [0, 0.1) is 16.0 Å². The highest BCUT2D eigenvalue weighted by atomic mass is 16.6. The SMILES string of the molecule is COC(=O)c1ccc(COC(=O)C2CC2[N+](=O)[O-])cc1. The molecule has 1 aromatic rings. The molecule has 1 aromatic carbocycles. The van der Waals surface area contributed by atoms with Crippen molar-refractivity contribution in [1.29, 1.82) is 0 Å². The van der Waals surface area contributed by atoms with Crippen LogP contribution in [-0.4, -0.2) is 30.0 Å². The molecule has 0 bridgehead atoms. The van der Waals surface area contributed by atoms with E-state index in [1.54, 1.807) is 24.3 Å². The lowest BCUT2D eigenvalue weighted by atomic mass is 10.1. The van der Waals surface area contributed by atoms with E-state index in [2.05, 4.69) is 4.74 Å². The van der Waals surface area contributed by atoms with E-state index in [0.29, 0.717) is 11.1 Å². The van der Waals surface area contributed by atoms with Gasteiger partial charge in [-0.15, -0.1) is 0 Å². The third-order valence-corrected chi connectivity index (χ3v) is 3.09. The second-order valence-corrected chi connectivity index (χ2v) is 4.49. The molecule has 1 saturated carbocycles. The summed E-state index contributed by atoms with van der Waals surface area (Å²) in [4.78, 5) is 32.7. The van der Waals surface area contributed by atoms with Crippen LogP contribution in [0.25, 0.3) is 0 Å². The van der Waals surface area contributed by atoms with E-state index in [9.17, 15) is 19.7 Å². The molecule has 0 spiro atoms. The zero-order valence-corrected chi connectivity index (χ0v) is 10.8. The van der Waals surface area contributed by atoms with Crippen LogP contribution in [0.5, 0.6) is 0 Å². The highest BCUT2D eigenvalue weighted by molar-refractivity contribution is 5.89. The Morgan fingerprint density at radius 2 is 2.00 bits per heavy atom. The minimum atomic E-state index is -0.802. The first-order chi connectivity index (χ1) is 9.52. The van der Waals surface area contributed by atoms with Crippen molar-refractivity contribution in [2.45, 2.75) is 19.1 Å². The summed E-state index contributed by atoms with van der Waals surface area (Å²) in [6, 6.07) is 5.59. The van der Waals surface area contributed by atoms with E-state index < -0.39 is 28.8 Å². The maximum Gasteiger partial charge on any atom is 0.337 e. The summed E-state index contributed by atoms with van der Waals surface area (Å²) in [5, 5.41) is 10.4. The number of hydrogen-bond donors (Lipinski definition) is 0. The smallest absolute Gasteiger partial charge is 0.337 e. The fourth-order valence-corrected chi connectivity index (χ4v) is 1.78. The zero-order chi connectivity index (χ0) is 14.7. The summed E-state index contributed by atoms with van der Waals surface area (Å²) in [5.74, 6) is -1.62. The molecule has 0 aromatic heterocycles. The van der Waals surface area contributed by atoms with Crippen LogP contribution in [-0.2, 0) is 20.9 Å². The Bertz CT molecular complexity index is 538. The van der Waals surface area contributed by atoms with Crippen molar-refractivity contribution in [2.24, 2.45) is 5.92 Å². The standard InChI is InChI=1S/C13H13NO6/c1-19-12(15)9-4-2-8(3-5-9)7-20-13(16)10-6-11(10)14(17)18/h2-5,10-11H,6-7H2,1H3. The molecule has 2 rings (SSSR count). The van der Waals surface area contributed by atoms with Gasteiger partial charge < -0.3 is 9.47 Å². The third-order valence-electron chi connectivity index (χ3n) is 3.09. The Balaban J connectivity index is 1.84. The van der Waals surface area contributed by atoms with E-state index in [1.807, 2.05) is 0 Å². The predicted octanol–water partition coefficient (Wildman–Crippen LogP) is 1.18. The Hall–Kier alpha value is -2.44. The summed E-state index contributed by atoms with van der Waals surface area (Å²) in [7, 11) is 1.29. The molecular weight excluding hydrogens is 266 g/mol. The first kappa shape index (κ1) is 14.0. The van der Waals surface area contributed by atoms with Crippen molar-refractivity contribution in [2.75, 3.05) is 7.11 Å². The van der Waals surface area contributed by atoms with Gasteiger partial charge in [0.2, 0.25) is 6.04 Å². The number of ether oxygens (including phenoxy) is 2. The second-order valence-electron chi connectivity index (χ2n) is 4.49. The number of methoxy groups -OCH3 is 1. The highest BCUT2D eigenvalue weighted by Crippen LogP contribution is 2.34. The van der Waals surface area contributed by atoms with Crippen LogP contribution in [0.2, 0.25) is 0 Å². The number of carbonyl (C=O) groups excluding carboxylic acids is 2. The number of nitrogens with zero attached hydrogens (tertiary/aromatic N) is 1. The maximum absolute atomic E-state index is 11.5. The van der Waals surface area contributed by atoms with Crippen LogP contribution in [0.4, 0.5) is 0 Å². The summed E-state index contributed by atoms with van der Waals surface area (Å²) in [6.07, 6.45) is 0.243. The van der Waals surface area contributed by atoms with Crippen molar-refractivity contribution in [3.8, 4) is 0 Å². The highest BCUT2D eigenvalue weighted by Gasteiger charge is 2.54. The first-order valence-corrected chi connectivity index (χ1v) is 6.00. The lowest BCUT2D eigenvalue weighted by Gasteiger charge is -2.04. The normalized spacial score (nSPS) is 20.1. The molecule has 1 fully saturated rings. The van der Waals surface area contributed by atoms with Crippen molar-refractivity contribution in [1.82, 2.24) is 0 Å². The Labute approximate surface area is 114 Å². The van der Waals surface area contributed by atoms with E-state index >= 15 is 0 Å². The molecule has 20 heavy (non-hydrogen) atoms. The van der Waals surface area contributed by atoms with E-state index in [1.165, 1.54) is 7.11 Å². The van der Waals surface area contributed by atoms with Crippen LogP contribution in [0.3, 0.4) is 0 Å².